The lowest BCUT2D eigenvalue weighted by molar-refractivity contribution is -0.136. The highest BCUT2D eigenvalue weighted by molar-refractivity contribution is 6.04. The minimum Gasteiger partial charge on any atom is -0.481 e. The van der Waals surface area contributed by atoms with Gasteiger partial charge in [0, 0.05) is 23.5 Å². The van der Waals surface area contributed by atoms with Crippen LogP contribution in [0.25, 0.3) is 0 Å². The van der Waals surface area contributed by atoms with Crippen LogP contribution >= 0.6 is 0 Å². The van der Waals surface area contributed by atoms with Crippen molar-refractivity contribution in [2.45, 2.75) is 32.8 Å². The maximum Gasteiger partial charge on any atom is 0.307 e. The van der Waals surface area contributed by atoms with Gasteiger partial charge in [0.15, 0.2) is 0 Å². The number of pyridine rings is 1. The van der Waals surface area contributed by atoms with Crippen molar-refractivity contribution in [3.63, 3.8) is 0 Å². The highest BCUT2D eigenvalue weighted by Crippen LogP contribution is 2.16. The molecule has 0 aliphatic rings. The summed E-state index contributed by atoms with van der Waals surface area (Å²) in [6.07, 6.45) is 2.29. The Labute approximate surface area is 140 Å². The van der Waals surface area contributed by atoms with Gasteiger partial charge in [-0.2, -0.15) is 0 Å². The maximum atomic E-state index is 12.3. The van der Waals surface area contributed by atoms with Crippen LogP contribution in [-0.4, -0.2) is 28.1 Å². The zero-order chi connectivity index (χ0) is 17.5. The first-order chi connectivity index (χ1) is 11.5. The summed E-state index contributed by atoms with van der Waals surface area (Å²) >= 11 is 0. The topological polar surface area (TPSA) is 88.5 Å². The molecule has 1 unspecified atom stereocenters. The SMILES string of the molecule is CCC(C)Oc1cc(C(=O)Nc2cccc(CC(=O)O)c2)ccn1. The molecule has 0 spiro atoms. The van der Waals surface area contributed by atoms with Crippen molar-refractivity contribution >= 4 is 17.6 Å². The number of nitrogens with one attached hydrogen (secondary N) is 1. The first kappa shape index (κ1) is 17.5. The number of rotatable bonds is 7. The number of anilines is 1. The lowest BCUT2D eigenvalue weighted by Gasteiger charge is -2.12. The van der Waals surface area contributed by atoms with E-state index < -0.39 is 5.97 Å². The second-order valence-corrected chi connectivity index (χ2v) is 5.44. The van der Waals surface area contributed by atoms with Crippen molar-refractivity contribution in [2.75, 3.05) is 5.32 Å². The van der Waals surface area contributed by atoms with Gasteiger partial charge in [0.25, 0.3) is 5.91 Å². The van der Waals surface area contributed by atoms with Gasteiger partial charge >= 0.3 is 5.97 Å². The van der Waals surface area contributed by atoms with Gasteiger partial charge in [0.2, 0.25) is 5.88 Å². The number of carbonyl (C=O) groups is 2. The van der Waals surface area contributed by atoms with Crippen LogP contribution in [0.2, 0.25) is 0 Å². The summed E-state index contributed by atoms with van der Waals surface area (Å²) in [4.78, 5) is 27.2. The molecule has 6 heteroatoms. The quantitative estimate of drug-likeness (QED) is 0.815. The Morgan fingerprint density at radius 2 is 2.08 bits per heavy atom. The Morgan fingerprint density at radius 3 is 2.79 bits per heavy atom. The molecule has 24 heavy (non-hydrogen) atoms. The predicted molar refractivity (Wildman–Crippen MR) is 90.4 cm³/mol. The molecule has 1 aromatic carbocycles. The molecule has 1 atom stereocenters. The molecule has 2 rings (SSSR count). The third-order valence-electron chi connectivity index (χ3n) is 3.43. The summed E-state index contributed by atoms with van der Waals surface area (Å²) in [5.74, 6) is -0.824. The zero-order valence-corrected chi connectivity index (χ0v) is 13.7. The largest absolute Gasteiger partial charge is 0.481 e. The van der Waals surface area contributed by atoms with Crippen molar-refractivity contribution in [3.8, 4) is 5.88 Å². The number of nitrogens with zero attached hydrogens (tertiary/aromatic N) is 1. The third-order valence-corrected chi connectivity index (χ3v) is 3.43. The van der Waals surface area contributed by atoms with Crippen LogP contribution in [0.15, 0.2) is 42.6 Å². The van der Waals surface area contributed by atoms with E-state index in [1.54, 1.807) is 36.4 Å². The average Bonchev–Trinajstić information content (AvgIpc) is 2.54. The molecule has 2 N–H and O–H groups in total. The summed E-state index contributed by atoms with van der Waals surface area (Å²) in [5.41, 5.74) is 1.59. The minimum atomic E-state index is -0.917. The second kappa shape index (κ2) is 8.10. The lowest BCUT2D eigenvalue weighted by Crippen LogP contribution is -2.14. The van der Waals surface area contributed by atoms with E-state index in [4.69, 9.17) is 9.84 Å². The molecule has 0 bridgehead atoms. The Morgan fingerprint density at radius 1 is 1.29 bits per heavy atom. The Hall–Kier alpha value is -2.89. The number of amides is 1. The van der Waals surface area contributed by atoms with Gasteiger partial charge in [-0.25, -0.2) is 4.98 Å². The van der Waals surface area contributed by atoms with Crippen molar-refractivity contribution in [3.05, 3.63) is 53.7 Å². The van der Waals surface area contributed by atoms with Gasteiger partial charge in [-0.15, -0.1) is 0 Å². The van der Waals surface area contributed by atoms with Crippen LogP contribution in [-0.2, 0) is 11.2 Å². The van der Waals surface area contributed by atoms with Crippen LogP contribution < -0.4 is 10.1 Å². The van der Waals surface area contributed by atoms with E-state index >= 15 is 0 Å². The summed E-state index contributed by atoms with van der Waals surface area (Å²) in [6, 6.07) is 9.94. The number of ether oxygens (including phenoxy) is 1. The highest BCUT2D eigenvalue weighted by atomic mass is 16.5. The highest BCUT2D eigenvalue weighted by Gasteiger charge is 2.10. The van der Waals surface area contributed by atoms with Crippen LogP contribution in [0, 0.1) is 0 Å². The molecule has 1 aromatic heterocycles. The van der Waals surface area contributed by atoms with Gasteiger partial charge in [-0.05, 0) is 37.1 Å². The number of benzene rings is 1. The first-order valence-electron chi connectivity index (χ1n) is 7.72. The fourth-order valence-electron chi connectivity index (χ4n) is 2.04. The molecule has 0 fully saturated rings. The number of hydrogen-bond acceptors (Lipinski definition) is 4. The summed E-state index contributed by atoms with van der Waals surface area (Å²) in [5, 5.41) is 11.6. The standard InChI is InChI=1S/C18H20N2O4/c1-3-12(2)24-16-11-14(7-8-19-16)18(23)20-15-6-4-5-13(9-15)10-17(21)22/h4-9,11-12H,3,10H2,1-2H3,(H,20,23)(H,21,22). The van der Waals surface area contributed by atoms with Crippen molar-refractivity contribution in [1.82, 2.24) is 4.98 Å². The summed E-state index contributed by atoms with van der Waals surface area (Å²) in [6.45, 7) is 3.94. The van der Waals surface area contributed by atoms with Gasteiger partial charge < -0.3 is 15.2 Å². The zero-order valence-electron chi connectivity index (χ0n) is 13.7. The van der Waals surface area contributed by atoms with E-state index in [0.717, 1.165) is 6.42 Å². The van der Waals surface area contributed by atoms with Crippen LogP contribution in [0.1, 0.15) is 36.2 Å². The lowest BCUT2D eigenvalue weighted by atomic mass is 10.1. The molecule has 0 aliphatic carbocycles. The predicted octanol–water partition coefficient (Wildman–Crippen LogP) is 3.14. The number of carbonyl (C=O) groups excluding carboxylic acids is 1. The molecule has 0 saturated heterocycles. The third kappa shape index (κ3) is 5.08. The molecule has 126 valence electrons. The number of aliphatic carboxylic acids is 1. The smallest absolute Gasteiger partial charge is 0.307 e. The van der Waals surface area contributed by atoms with Crippen LogP contribution in [0.4, 0.5) is 5.69 Å². The summed E-state index contributed by atoms with van der Waals surface area (Å²) in [7, 11) is 0. The molecule has 0 saturated carbocycles. The molecular formula is C18H20N2O4. The fourth-order valence-corrected chi connectivity index (χ4v) is 2.04. The molecule has 0 radical (unpaired) electrons. The van der Waals surface area contributed by atoms with Crippen molar-refractivity contribution in [2.24, 2.45) is 0 Å². The molecule has 2 aromatic rings. The average molecular weight is 328 g/mol. The Kier molecular flexibility index (Phi) is 5.89. The number of carboxylic acid groups (broad SMARTS) is 1. The Bertz CT molecular complexity index is 730. The molecule has 1 heterocycles. The van der Waals surface area contributed by atoms with Gasteiger partial charge in [-0.3, -0.25) is 9.59 Å². The minimum absolute atomic E-state index is 0.0171. The number of hydrogen-bond donors (Lipinski definition) is 2. The van der Waals surface area contributed by atoms with Gasteiger partial charge in [0.05, 0.1) is 12.5 Å². The van der Waals surface area contributed by atoms with Gasteiger partial charge in [-0.1, -0.05) is 19.1 Å². The van der Waals surface area contributed by atoms with Gasteiger partial charge in [0.1, 0.15) is 0 Å². The van der Waals surface area contributed by atoms with E-state index in [1.165, 1.54) is 6.20 Å². The number of aromatic nitrogens is 1. The molecule has 1 amide bonds. The van der Waals surface area contributed by atoms with E-state index in [-0.39, 0.29) is 18.4 Å². The molecule has 0 aliphatic heterocycles. The van der Waals surface area contributed by atoms with Crippen LogP contribution in [0.5, 0.6) is 5.88 Å². The van der Waals surface area contributed by atoms with E-state index in [2.05, 4.69) is 10.3 Å². The fraction of sp³-hybridized carbons (Fsp3) is 0.278. The molecule has 6 nitrogen and oxygen atoms in total. The van der Waals surface area contributed by atoms with E-state index in [9.17, 15) is 9.59 Å². The van der Waals surface area contributed by atoms with Crippen molar-refractivity contribution in [1.29, 1.82) is 0 Å². The van der Waals surface area contributed by atoms with E-state index in [1.807, 2.05) is 13.8 Å². The van der Waals surface area contributed by atoms with E-state index in [0.29, 0.717) is 22.7 Å². The normalized spacial score (nSPS) is 11.6. The van der Waals surface area contributed by atoms with Crippen molar-refractivity contribution < 1.29 is 19.4 Å². The number of carboxylic acids is 1. The Balaban J connectivity index is 2.09. The monoisotopic (exact) mass is 328 g/mol. The van der Waals surface area contributed by atoms with Crippen LogP contribution in [0.3, 0.4) is 0 Å². The first-order valence-corrected chi connectivity index (χ1v) is 7.72. The second-order valence-electron chi connectivity index (χ2n) is 5.44. The summed E-state index contributed by atoms with van der Waals surface area (Å²) < 4.78 is 5.61. The molecular weight excluding hydrogens is 308 g/mol. The maximum absolute atomic E-state index is 12.3.